The summed E-state index contributed by atoms with van der Waals surface area (Å²) in [4.78, 5) is 24.2. The molecule has 1 aliphatic heterocycles. The molecule has 1 fully saturated rings. The fraction of sp³-hybridized carbons (Fsp3) is 0.636. The Morgan fingerprint density at radius 3 is 2.94 bits per heavy atom. The average molecular weight is 243 g/mol. The maximum absolute atomic E-state index is 11.7. The number of hydrogen-bond acceptors (Lipinski definition) is 3. The van der Waals surface area contributed by atoms with E-state index >= 15 is 0 Å². The smallest absolute Gasteiger partial charge is 0.326 e. The zero-order valence-corrected chi connectivity index (χ0v) is 10.2. The van der Waals surface area contributed by atoms with Crippen molar-refractivity contribution in [3.8, 4) is 0 Å². The quantitative estimate of drug-likeness (QED) is 0.713. The van der Waals surface area contributed by atoms with Gasteiger partial charge in [0.2, 0.25) is 5.91 Å². The zero-order chi connectivity index (χ0) is 12.1. The molecule has 1 N–H and O–H groups in total. The van der Waals surface area contributed by atoms with E-state index in [0.29, 0.717) is 19.4 Å². The van der Waals surface area contributed by atoms with Gasteiger partial charge in [-0.15, -0.1) is 6.58 Å². The summed E-state index contributed by atoms with van der Waals surface area (Å²) < 4.78 is 0. The molecule has 0 spiro atoms. The summed E-state index contributed by atoms with van der Waals surface area (Å²) in [6.07, 6.45) is 4.56. The SMILES string of the molecule is C=CC1CC(=O)N([C@@H](CCSC)C(=O)O)C1. The highest BCUT2D eigenvalue weighted by Gasteiger charge is 2.36. The van der Waals surface area contributed by atoms with Crippen molar-refractivity contribution >= 4 is 23.6 Å². The van der Waals surface area contributed by atoms with E-state index in [1.807, 2.05) is 6.26 Å². The van der Waals surface area contributed by atoms with Crippen LogP contribution in [-0.2, 0) is 9.59 Å². The van der Waals surface area contributed by atoms with Crippen LogP contribution in [0.15, 0.2) is 12.7 Å². The molecular weight excluding hydrogens is 226 g/mol. The van der Waals surface area contributed by atoms with Crippen molar-refractivity contribution in [3.63, 3.8) is 0 Å². The van der Waals surface area contributed by atoms with Gasteiger partial charge in [0.25, 0.3) is 0 Å². The van der Waals surface area contributed by atoms with E-state index in [-0.39, 0.29) is 11.8 Å². The maximum atomic E-state index is 11.7. The molecule has 5 heteroatoms. The number of nitrogens with zero attached hydrogens (tertiary/aromatic N) is 1. The third-order valence-corrected chi connectivity index (χ3v) is 3.42. The topological polar surface area (TPSA) is 57.6 Å². The molecule has 0 aromatic carbocycles. The van der Waals surface area contributed by atoms with Gasteiger partial charge in [-0.3, -0.25) is 4.79 Å². The predicted octanol–water partition coefficient (Wildman–Crippen LogP) is 1.23. The first kappa shape index (κ1) is 13.1. The number of likely N-dealkylation sites (tertiary alicyclic amines) is 1. The van der Waals surface area contributed by atoms with Crippen molar-refractivity contribution in [3.05, 3.63) is 12.7 Å². The Bertz CT molecular complexity index is 293. The Labute approximate surface area is 99.7 Å². The number of hydrogen-bond donors (Lipinski definition) is 1. The molecule has 1 heterocycles. The van der Waals surface area contributed by atoms with Crippen LogP contribution >= 0.6 is 11.8 Å². The lowest BCUT2D eigenvalue weighted by Gasteiger charge is -2.24. The molecule has 1 rings (SSSR count). The molecule has 0 aromatic heterocycles. The summed E-state index contributed by atoms with van der Waals surface area (Å²) in [5, 5.41) is 9.11. The van der Waals surface area contributed by atoms with Gasteiger partial charge < -0.3 is 10.0 Å². The molecule has 0 aromatic rings. The van der Waals surface area contributed by atoms with E-state index < -0.39 is 12.0 Å². The molecule has 4 nitrogen and oxygen atoms in total. The summed E-state index contributed by atoms with van der Waals surface area (Å²) >= 11 is 1.59. The van der Waals surface area contributed by atoms with Crippen LogP contribution in [0.5, 0.6) is 0 Å². The maximum Gasteiger partial charge on any atom is 0.326 e. The van der Waals surface area contributed by atoms with E-state index in [1.165, 1.54) is 4.90 Å². The lowest BCUT2D eigenvalue weighted by molar-refractivity contribution is -0.148. The number of amides is 1. The van der Waals surface area contributed by atoms with Gasteiger partial charge in [-0.05, 0) is 18.4 Å². The minimum Gasteiger partial charge on any atom is -0.480 e. The normalized spacial score (nSPS) is 22.2. The number of carboxylic acids is 1. The highest BCUT2D eigenvalue weighted by Crippen LogP contribution is 2.22. The lowest BCUT2D eigenvalue weighted by atomic mass is 10.1. The lowest BCUT2D eigenvalue weighted by Crippen LogP contribution is -2.42. The van der Waals surface area contributed by atoms with Crippen LogP contribution in [0.4, 0.5) is 0 Å². The van der Waals surface area contributed by atoms with E-state index in [0.717, 1.165) is 5.75 Å². The minimum atomic E-state index is -0.910. The number of aliphatic carboxylic acids is 1. The Kier molecular flexibility index (Phi) is 4.86. The van der Waals surface area contributed by atoms with E-state index in [1.54, 1.807) is 17.8 Å². The summed E-state index contributed by atoms with van der Waals surface area (Å²) in [6.45, 7) is 4.14. The van der Waals surface area contributed by atoms with Crippen molar-refractivity contribution in [1.29, 1.82) is 0 Å². The Balaban J connectivity index is 2.67. The van der Waals surface area contributed by atoms with Crippen molar-refractivity contribution < 1.29 is 14.7 Å². The third kappa shape index (κ3) is 3.01. The minimum absolute atomic E-state index is 0.0709. The number of carbonyl (C=O) groups is 2. The van der Waals surface area contributed by atoms with Gasteiger partial charge in [0.05, 0.1) is 0 Å². The molecule has 2 atom stereocenters. The van der Waals surface area contributed by atoms with E-state index in [9.17, 15) is 9.59 Å². The first-order chi connectivity index (χ1) is 7.60. The fourth-order valence-electron chi connectivity index (χ4n) is 1.86. The van der Waals surface area contributed by atoms with Crippen molar-refractivity contribution in [1.82, 2.24) is 4.90 Å². The molecule has 0 bridgehead atoms. The molecule has 1 saturated heterocycles. The predicted molar refractivity (Wildman–Crippen MR) is 64.4 cm³/mol. The third-order valence-electron chi connectivity index (χ3n) is 2.78. The van der Waals surface area contributed by atoms with Crippen LogP contribution in [0.3, 0.4) is 0 Å². The second-order valence-corrected chi connectivity index (χ2v) is 4.87. The van der Waals surface area contributed by atoms with Crippen LogP contribution in [-0.4, -0.2) is 46.5 Å². The van der Waals surface area contributed by atoms with Crippen LogP contribution in [0.25, 0.3) is 0 Å². The first-order valence-corrected chi connectivity index (χ1v) is 6.63. The summed E-state index contributed by atoms with van der Waals surface area (Å²) in [5.74, 6) is -0.131. The molecule has 1 unspecified atom stereocenters. The Morgan fingerprint density at radius 1 is 1.81 bits per heavy atom. The highest BCUT2D eigenvalue weighted by molar-refractivity contribution is 7.98. The summed E-state index contributed by atoms with van der Waals surface area (Å²) in [6, 6.07) is -0.676. The number of carbonyl (C=O) groups excluding carboxylic acids is 1. The van der Waals surface area contributed by atoms with Crippen LogP contribution in [0.2, 0.25) is 0 Å². The van der Waals surface area contributed by atoms with Crippen LogP contribution < -0.4 is 0 Å². The van der Waals surface area contributed by atoms with Gasteiger partial charge in [0.1, 0.15) is 6.04 Å². The van der Waals surface area contributed by atoms with Crippen molar-refractivity contribution in [2.45, 2.75) is 18.9 Å². The van der Waals surface area contributed by atoms with E-state index in [4.69, 9.17) is 5.11 Å². The Morgan fingerprint density at radius 2 is 2.50 bits per heavy atom. The average Bonchev–Trinajstić information content (AvgIpc) is 2.60. The molecule has 16 heavy (non-hydrogen) atoms. The summed E-state index contributed by atoms with van der Waals surface area (Å²) in [7, 11) is 0. The zero-order valence-electron chi connectivity index (χ0n) is 9.39. The van der Waals surface area contributed by atoms with Crippen LogP contribution in [0, 0.1) is 5.92 Å². The van der Waals surface area contributed by atoms with Crippen molar-refractivity contribution in [2.24, 2.45) is 5.92 Å². The summed E-state index contributed by atoms with van der Waals surface area (Å²) in [5.41, 5.74) is 0. The molecule has 90 valence electrons. The number of carboxylic acid groups (broad SMARTS) is 1. The monoisotopic (exact) mass is 243 g/mol. The molecule has 1 amide bonds. The molecule has 1 aliphatic rings. The standard InChI is InChI=1S/C11H17NO3S/c1-3-8-6-10(13)12(7-8)9(11(14)15)4-5-16-2/h3,8-9H,1,4-7H2,2H3,(H,14,15)/t8?,9-/m0/s1. The molecular formula is C11H17NO3S. The largest absolute Gasteiger partial charge is 0.480 e. The second kappa shape index (κ2) is 5.94. The number of rotatable bonds is 6. The van der Waals surface area contributed by atoms with E-state index in [2.05, 4.69) is 6.58 Å². The van der Waals surface area contributed by atoms with Gasteiger partial charge in [0, 0.05) is 18.9 Å². The first-order valence-electron chi connectivity index (χ1n) is 5.24. The molecule has 0 radical (unpaired) electrons. The van der Waals surface area contributed by atoms with Gasteiger partial charge in [-0.25, -0.2) is 4.79 Å². The van der Waals surface area contributed by atoms with Gasteiger partial charge >= 0.3 is 5.97 Å². The van der Waals surface area contributed by atoms with Crippen LogP contribution in [0.1, 0.15) is 12.8 Å². The molecule has 0 saturated carbocycles. The fourth-order valence-corrected chi connectivity index (χ4v) is 2.32. The molecule has 0 aliphatic carbocycles. The van der Waals surface area contributed by atoms with Gasteiger partial charge in [-0.2, -0.15) is 11.8 Å². The Hall–Kier alpha value is -0.970. The number of thioether (sulfide) groups is 1. The van der Waals surface area contributed by atoms with Gasteiger partial charge in [0.15, 0.2) is 0 Å². The highest BCUT2D eigenvalue weighted by atomic mass is 32.2. The second-order valence-electron chi connectivity index (χ2n) is 3.88. The van der Waals surface area contributed by atoms with Crippen molar-refractivity contribution in [2.75, 3.05) is 18.6 Å². The van der Waals surface area contributed by atoms with Gasteiger partial charge in [-0.1, -0.05) is 6.08 Å².